The molecule has 3 aromatic heterocycles. The second-order valence-corrected chi connectivity index (χ2v) is 6.76. The molecule has 0 saturated carbocycles. The Labute approximate surface area is 168 Å². The van der Waals surface area contributed by atoms with E-state index in [0.717, 1.165) is 10.9 Å². The van der Waals surface area contributed by atoms with Gasteiger partial charge in [0, 0.05) is 42.6 Å². The standard InChI is InChI=1S/C20H15N7O3/c1-25-8-5-12-9-13(3-4-16(12)25)27-19(22-23-20(27)29)14-10-17(26-7-2-6-21-26)15(24-30)11-18(14)28/h2-11,28H,1H3,(H,23,29). The number of nitroso groups, excluding NO2 is 1. The second-order valence-electron chi connectivity index (χ2n) is 6.76. The number of aromatic hydroxyl groups is 1. The van der Waals surface area contributed by atoms with Gasteiger partial charge in [0.15, 0.2) is 5.82 Å². The second kappa shape index (κ2) is 6.55. The molecule has 0 unspecified atom stereocenters. The van der Waals surface area contributed by atoms with E-state index in [0.29, 0.717) is 11.4 Å². The summed E-state index contributed by atoms with van der Waals surface area (Å²) in [6.45, 7) is 0. The van der Waals surface area contributed by atoms with Crippen molar-refractivity contribution in [2.45, 2.75) is 0 Å². The summed E-state index contributed by atoms with van der Waals surface area (Å²) in [5.74, 6) is -0.0415. The number of hydrogen-bond donors (Lipinski definition) is 2. The minimum absolute atomic E-state index is 0.00934. The average Bonchev–Trinajstić information content (AvgIpc) is 3.48. The Balaban J connectivity index is 1.73. The van der Waals surface area contributed by atoms with Crippen molar-refractivity contribution in [2.75, 3.05) is 0 Å². The maximum absolute atomic E-state index is 12.6. The smallest absolute Gasteiger partial charge is 0.348 e. The number of fused-ring (bicyclic) bond motifs is 1. The summed E-state index contributed by atoms with van der Waals surface area (Å²) in [5.41, 5.74) is 1.75. The zero-order valence-electron chi connectivity index (χ0n) is 15.7. The van der Waals surface area contributed by atoms with Crippen LogP contribution in [-0.4, -0.2) is 34.2 Å². The van der Waals surface area contributed by atoms with Gasteiger partial charge in [0.05, 0.1) is 16.9 Å². The molecular formula is C20H15N7O3. The van der Waals surface area contributed by atoms with Gasteiger partial charge in [0.2, 0.25) is 0 Å². The van der Waals surface area contributed by atoms with Gasteiger partial charge in [0.25, 0.3) is 0 Å². The molecule has 3 heterocycles. The first-order chi connectivity index (χ1) is 14.6. The molecule has 148 valence electrons. The van der Waals surface area contributed by atoms with Crippen LogP contribution in [0, 0.1) is 4.91 Å². The summed E-state index contributed by atoms with van der Waals surface area (Å²) in [6, 6.07) is 12.0. The molecule has 10 nitrogen and oxygen atoms in total. The minimum atomic E-state index is -0.460. The molecule has 0 aliphatic carbocycles. The van der Waals surface area contributed by atoms with Crippen LogP contribution in [0.1, 0.15) is 0 Å². The summed E-state index contributed by atoms with van der Waals surface area (Å²) >= 11 is 0. The van der Waals surface area contributed by atoms with E-state index in [9.17, 15) is 14.8 Å². The Morgan fingerprint density at radius 2 is 2.00 bits per heavy atom. The van der Waals surface area contributed by atoms with Crippen molar-refractivity contribution in [1.82, 2.24) is 29.1 Å². The summed E-state index contributed by atoms with van der Waals surface area (Å²) in [4.78, 5) is 23.8. The third-order valence-electron chi connectivity index (χ3n) is 4.98. The Hall–Kier alpha value is -4.47. The van der Waals surface area contributed by atoms with Crippen LogP contribution in [-0.2, 0) is 7.05 Å². The van der Waals surface area contributed by atoms with E-state index in [2.05, 4.69) is 20.5 Å². The number of aromatic nitrogens is 6. The molecule has 0 saturated heterocycles. The predicted molar refractivity (Wildman–Crippen MR) is 110 cm³/mol. The predicted octanol–water partition coefficient (Wildman–Crippen LogP) is 3.01. The lowest BCUT2D eigenvalue weighted by Gasteiger charge is -2.11. The summed E-state index contributed by atoms with van der Waals surface area (Å²) in [6.07, 6.45) is 5.13. The van der Waals surface area contributed by atoms with Gasteiger partial charge in [-0.25, -0.2) is 19.1 Å². The van der Waals surface area contributed by atoms with Crippen molar-refractivity contribution in [3.05, 3.63) is 76.4 Å². The minimum Gasteiger partial charge on any atom is -0.507 e. The number of benzene rings is 2. The van der Waals surface area contributed by atoms with Crippen LogP contribution in [0.2, 0.25) is 0 Å². The van der Waals surface area contributed by atoms with Crippen molar-refractivity contribution in [2.24, 2.45) is 12.2 Å². The van der Waals surface area contributed by atoms with Crippen molar-refractivity contribution in [3.63, 3.8) is 0 Å². The van der Waals surface area contributed by atoms with Gasteiger partial charge in [-0.15, -0.1) is 4.91 Å². The molecule has 0 fully saturated rings. The van der Waals surface area contributed by atoms with E-state index in [1.807, 2.05) is 36.0 Å². The summed E-state index contributed by atoms with van der Waals surface area (Å²) < 4.78 is 4.79. The van der Waals surface area contributed by atoms with Crippen molar-refractivity contribution in [3.8, 4) is 28.5 Å². The molecule has 5 aromatic rings. The first kappa shape index (κ1) is 17.6. The third-order valence-corrected chi connectivity index (χ3v) is 4.98. The van der Waals surface area contributed by atoms with Crippen LogP contribution in [0.25, 0.3) is 33.7 Å². The van der Waals surface area contributed by atoms with Gasteiger partial charge in [-0.05, 0) is 41.6 Å². The molecular weight excluding hydrogens is 386 g/mol. The number of rotatable bonds is 4. The third kappa shape index (κ3) is 2.62. The fourth-order valence-corrected chi connectivity index (χ4v) is 3.54. The number of nitrogens with one attached hydrogen (secondary N) is 1. The first-order valence-corrected chi connectivity index (χ1v) is 9.00. The normalized spacial score (nSPS) is 11.2. The number of phenols is 1. The highest BCUT2D eigenvalue weighted by Gasteiger charge is 2.20. The molecule has 0 spiro atoms. The highest BCUT2D eigenvalue weighted by Crippen LogP contribution is 2.36. The van der Waals surface area contributed by atoms with Crippen molar-refractivity contribution < 1.29 is 5.11 Å². The van der Waals surface area contributed by atoms with E-state index in [4.69, 9.17) is 0 Å². The molecule has 30 heavy (non-hydrogen) atoms. The Bertz CT molecular complexity index is 1460. The quantitative estimate of drug-likeness (QED) is 0.448. The molecule has 10 heteroatoms. The van der Waals surface area contributed by atoms with E-state index in [1.54, 1.807) is 24.5 Å². The van der Waals surface area contributed by atoms with Crippen LogP contribution in [0.5, 0.6) is 5.75 Å². The van der Waals surface area contributed by atoms with Crippen molar-refractivity contribution in [1.29, 1.82) is 0 Å². The zero-order chi connectivity index (χ0) is 20.8. The largest absolute Gasteiger partial charge is 0.507 e. The summed E-state index contributed by atoms with van der Waals surface area (Å²) in [7, 11) is 1.94. The Morgan fingerprint density at radius 1 is 1.13 bits per heavy atom. The highest BCUT2D eigenvalue weighted by molar-refractivity contribution is 5.83. The first-order valence-electron chi connectivity index (χ1n) is 9.00. The van der Waals surface area contributed by atoms with E-state index < -0.39 is 5.69 Å². The number of phenolic OH excluding ortho intramolecular Hbond substituents is 1. The van der Waals surface area contributed by atoms with E-state index in [-0.39, 0.29) is 22.8 Å². The molecule has 0 bridgehead atoms. The van der Waals surface area contributed by atoms with Crippen molar-refractivity contribution >= 4 is 16.6 Å². The highest BCUT2D eigenvalue weighted by atomic mass is 16.3. The Kier molecular flexibility index (Phi) is 3.85. The number of H-pyrrole nitrogens is 1. The lowest BCUT2D eigenvalue weighted by atomic mass is 10.1. The maximum atomic E-state index is 12.6. The molecule has 0 amide bonds. The Morgan fingerprint density at radius 3 is 2.77 bits per heavy atom. The van der Waals surface area contributed by atoms with Gasteiger partial charge in [-0.1, -0.05) is 0 Å². The van der Waals surface area contributed by atoms with E-state index in [1.165, 1.54) is 21.4 Å². The molecule has 2 N–H and O–H groups in total. The van der Waals surface area contributed by atoms with Gasteiger partial charge < -0.3 is 9.67 Å². The molecule has 5 rings (SSSR count). The number of aromatic amines is 1. The van der Waals surface area contributed by atoms with Crippen LogP contribution in [0.4, 0.5) is 5.69 Å². The molecule has 0 aliphatic heterocycles. The number of hydrogen-bond acceptors (Lipinski definition) is 6. The maximum Gasteiger partial charge on any atom is 0.348 e. The molecule has 2 aromatic carbocycles. The SMILES string of the molecule is Cn1ccc2cc(-n3c(-c4cc(-n5cccn5)c(N=O)cc4O)n[nH]c3=O)ccc21. The lowest BCUT2D eigenvalue weighted by Crippen LogP contribution is -2.15. The van der Waals surface area contributed by atoms with Crippen LogP contribution < -0.4 is 5.69 Å². The van der Waals surface area contributed by atoms with Gasteiger partial charge in [0.1, 0.15) is 11.4 Å². The van der Waals surface area contributed by atoms with Crippen LogP contribution in [0.3, 0.4) is 0 Å². The lowest BCUT2D eigenvalue weighted by molar-refractivity contribution is 0.476. The topological polar surface area (TPSA) is 123 Å². The fraction of sp³-hybridized carbons (Fsp3) is 0.0500. The van der Waals surface area contributed by atoms with Gasteiger partial charge >= 0.3 is 5.69 Å². The summed E-state index contributed by atoms with van der Waals surface area (Å²) in [5, 5.41) is 25.1. The fourth-order valence-electron chi connectivity index (χ4n) is 3.54. The van der Waals surface area contributed by atoms with Gasteiger partial charge in [-0.2, -0.15) is 10.2 Å². The van der Waals surface area contributed by atoms with Crippen LogP contribution >= 0.6 is 0 Å². The number of nitrogens with zero attached hydrogens (tertiary/aromatic N) is 6. The number of aryl methyl sites for hydroxylation is 1. The average molecular weight is 401 g/mol. The molecule has 0 aliphatic rings. The van der Waals surface area contributed by atoms with Gasteiger partial charge in [-0.3, -0.25) is 0 Å². The zero-order valence-corrected chi connectivity index (χ0v) is 15.7. The molecule has 0 atom stereocenters. The monoisotopic (exact) mass is 401 g/mol. The molecule has 0 radical (unpaired) electrons. The van der Waals surface area contributed by atoms with E-state index >= 15 is 0 Å². The van der Waals surface area contributed by atoms with Crippen LogP contribution in [0.15, 0.2) is 71.0 Å².